The quantitative estimate of drug-likeness (QED) is 0.905. The molecule has 118 valence electrons. The zero-order valence-corrected chi connectivity index (χ0v) is 13.0. The number of aryl methyl sites for hydroxylation is 1. The summed E-state index contributed by atoms with van der Waals surface area (Å²) in [4.78, 5) is 0. The van der Waals surface area contributed by atoms with Crippen LogP contribution in [0.2, 0.25) is 0 Å². The molecule has 1 aromatic carbocycles. The number of ether oxygens (including phenoxy) is 3. The lowest BCUT2D eigenvalue weighted by Crippen LogP contribution is -2.31. The standard InChI is InChI=1S/C16H16N4O3/c1-8-13-14(9-4-5-11(21-2)12(6-9)22-3)10(7-17)15(18)23-16(13)20-19-8/h4-6,10,14,18H,1-3H3,(H,19,20). The smallest absolute Gasteiger partial charge is 0.243 e. The summed E-state index contributed by atoms with van der Waals surface area (Å²) in [5.74, 6) is 0.343. The molecule has 0 spiro atoms. The second-order valence-electron chi connectivity index (χ2n) is 5.23. The van der Waals surface area contributed by atoms with Crippen LogP contribution in [-0.4, -0.2) is 30.3 Å². The van der Waals surface area contributed by atoms with E-state index in [4.69, 9.17) is 19.6 Å². The molecule has 0 amide bonds. The van der Waals surface area contributed by atoms with E-state index in [-0.39, 0.29) is 11.8 Å². The second kappa shape index (κ2) is 5.65. The number of nitrogens with zero attached hydrogens (tertiary/aromatic N) is 2. The summed E-state index contributed by atoms with van der Waals surface area (Å²) in [5, 5.41) is 24.4. The normalized spacial score (nSPS) is 19.5. The van der Waals surface area contributed by atoms with Gasteiger partial charge in [-0.25, -0.2) is 0 Å². The van der Waals surface area contributed by atoms with Crippen LogP contribution in [0.25, 0.3) is 0 Å². The molecule has 2 heterocycles. The van der Waals surface area contributed by atoms with E-state index in [2.05, 4.69) is 16.3 Å². The Morgan fingerprint density at radius 1 is 1.30 bits per heavy atom. The van der Waals surface area contributed by atoms with Crippen molar-refractivity contribution in [3.8, 4) is 23.4 Å². The van der Waals surface area contributed by atoms with E-state index in [0.29, 0.717) is 17.4 Å². The van der Waals surface area contributed by atoms with Crippen molar-refractivity contribution in [2.24, 2.45) is 5.92 Å². The Kier molecular flexibility index (Phi) is 3.66. The summed E-state index contributed by atoms with van der Waals surface area (Å²) in [6.45, 7) is 1.87. The van der Waals surface area contributed by atoms with Crippen LogP contribution in [0.15, 0.2) is 18.2 Å². The minimum absolute atomic E-state index is 0.105. The van der Waals surface area contributed by atoms with Crippen LogP contribution in [0, 0.1) is 29.6 Å². The van der Waals surface area contributed by atoms with Gasteiger partial charge in [-0.2, -0.15) is 5.26 Å². The molecule has 2 aromatic rings. The van der Waals surface area contributed by atoms with Crippen LogP contribution in [0.4, 0.5) is 0 Å². The first-order chi connectivity index (χ1) is 11.1. The van der Waals surface area contributed by atoms with Gasteiger partial charge in [-0.3, -0.25) is 10.5 Å². The fourth-order valence-corrected chi connectivity index (χ4v) is 2.88. The van der Waals surface area contributed by atoms with E-state index in [9.17, 15) is 5.26 Å². The lowest BCUT2D eigenvalue weighted by molar-refractivity contribution is 0.354. The average molecular weight is 312 g/mol. The van der Waals surface area contributed by atoms with Crippen molar-refractivity contribution in [2.75, 3.05) is 14.2 Å². The second-order valence-corrected chi connectivity index (χ2v) is 5.23. The molecule has 7 heteroatoms. The Balaban J connectivity index is 2.18. The van der Waals surface area contributed by atoms with Gasteiger partial charge in [0, 0.05) is 17.2 Å². The molecule has 0 saturated carbocycles. The van der Waals surface area contributed by atoms with Gasteiger partial charge in [0.2, 0.25) is 11.8 Å². The number of nitrogens with one attached hydrogen (secondary N) is 2. The van der Waals surface area contributed by atoms with E-state index in [0.717, 1.165) is 16.8 Å². The molecule has 1 aliphatic rings. The maximum atomic E-state index is 9.52. The Morgan fingerprint density at radius 2 is 2.04 bits per heavy atom. The minimum atomic E-state index is -0.725. The van der Waals surface area contributed by atoms with Gasteiger partial charge in [-0.15, -0.1) is 5.10 Å². The Morgan fingerprint density at radius 3 is 2.70 bits per heavy atom. The number of nitriles is 1. The van der Waals surface area contributed by atoms with Crippen molar-refractivity contribution in [1.29, 1.82) is 10.7 Å². The predicted molar refractivity (Wildman–Crippen MR) is 82.2 cm³/mol. The number of hydrogen-bond acceptors (Lipinski definition) is 6. The van der Waals surface area contributed by atoms with Crippen LogP contribution in [0.5, 0.6) is 17.4 Å². The van der Waals surface area contributed by atoms with Crippen molar-refractivity contribution < 1.29 is 14.2 Å². The molecular formula is C16H16N4O3. The summed E-state index contributed by atoms with van der Waals surface area (Å²) in [6, 6.07) is 7.64. The molecule has 0 fully saturated rings. The van der Waals surface area contributed by atoms with Gasteiger partial charge in [-0.1, -0.05) is 6.07 Å². The number of aromatic amines is 1. The number of hydrogen-bond donors (Lipinski definition) is 2. The highest BCUT2D eigenvalue weighted by molar-refractivity contribution is 5.84. The third-order valence-corrected chi connectivity index (χ3v) is 4.00. The molecule has 7 nitrogen and oxygen atoms in total. The number of aromatic nitrogens is 2. The SMILES string of the molecule is COc1ccc(C2c3c(n[nH]c3C)OC(=N)C2C#N)cc1OC. The molecule has 23 heavy (non-hydrogen) atoms. The molecule has 0 saturated heterocycles. The fraction of sp³-hybridized carbons (Fsp3) is 0.312. The van der Waals surface area contributed by atoms with E-state index in [1.165, 1.54) is 0 Å². The first-order valence-corrected chi connectivity index (χ1v) is 7.03. The molecule has 1 aromatic heterocycles. The average Bonchev–Trinajstić information content (AvgIpc) is 2.93. The van der Waals surface area contributed by atoms with Crippen molar-refractivity contribution in [1.82, 2.24) is 10.2 Å². The van der Waals surface area contributed by atoms with Gasteiger partial charge in [0.15, 0.2) is 11.5 Å². The van der Waals surface area contributed by atoms with E-state index in [1.807, 2.05) is 19.1 Å². The maximum absolute atomic E-state index is 9.52. The molecule has 0 radical (unpaired) electrons. The van der Waals surface area contributed by atoms with Crippen LogP contribution < -0.4 is 14.2 Å². The molecule has 2 N–H and O–H groups in total. The summed E-state index contributed by atoms with van der Waals surface area (Å²) in [7, 11) is 3.13. The number of fused-ring (bicyclic) bond motifs is 1. The largest absolute Gasteiger partial charge is 0.493 e. The van der Waals surface area contributed by atoms with Crippen molar-refractivity contribution >= 4 is 5.90 Å². The summed E-state index contributed by atoms with van der Waals surface area (Å²) < 4.78 is 16.0. The predicted octanol–water partition coefficient (Wildman–Crippen LogP) is 2.38. The van der Waals surface area contributed by atoms with Gasteiger partial charge in [0.25, 0.3) is 0 Å². The van der Waals surface area contributed by atoms with Gasteiger partial charge >= 0.3 is 0 Å². The molecule has 1 aliphatic heterocycles. The van der Waals surface area contributed by atoms with Crippen molar-refractivity contribution in [3.63, 3.8) is 0 Å². The summed E-state index contributed by atoms with van der Waals surface area (Å²) in [6.07, 6.45) is 0. The lowest BCUT2D eigenvalue weighted by atomic mass is 9.79. The van der Waals surface area contributed by atoms with Crippen LogP contribution in [-0.2, 0) is 0 Å². The number of benzene rings is 1. The van der Waals surface area contributed by atoms with E-state index < -0.39 is 5.92 Å². The van der Waals surface area contributed by atoms with Crippen LogP contribution in [0.1, 0.15) is 22.7 Å². The third-order valence-electron chi connectivity index (χ3n) is 4.00. The van der Waals surface area contributed by atoms with Gasteiger partial charge in [0.1, 0.15) is 5.92 Å². The Hall–Kier alpha value is -3.01. The van der Waals surface area contributed by atoms with Crippen molar-refractivity contribution in [2.45, 2.75) is 12.8 Å². The van der Waals surface area contributed by atoms with Gasteiger partial charge in [-0.05, 0) is 24.6 Å². The number of methoxy groups -OCH3 is 2. The van der Waals surface area contributed by atoms with Gasteiger partial charge < -0.3 is 14.2 Å². The molecule has 3 rings (SSSR count). The zero-order valence-electron chi connectivity index (χ0n) is 13.0. The molecule has 0 bridgehead atoms. The van der Waals surface area contributed by atoms with Crippen molar-refractivity contribution in [3.05, 3.63) is 35.0 Å². The van der Waals surface area contributed by atoms with E-state index in [1.54, 1.807) is 20.3 Å². The minimum Gasteiger partial charge on any atom is -0.493 e. The molecular weight excluding hydrogens is 296 g/mol. The molecule has 2 atom stereocenters. The summed E-state index contributed by atoms with van der Waals surface area (Å²) in [5.41, 5.74) is 2.44. The third kappa shape index (κ3) is 2.28. The topological polar surface area (TPSA) is 104 Å². The van der Waals surface area contributed by atoms with Crippen LogP contribution in [0.3, 0.4) is 0 Å². The lowest BCUT2D eigenvalue weighted by Gasteiger charge is -2.28. The van der Waals surface area contributed by atoms with Gasteiger partial charge in [0.05, 0.1) is 20.3 Å². The number of rotatable bonds is 3. The first kappa shape index (κ1) is 14.9. The van der Waals surface area contributed by atoms with E-state index >= 15 is 0 Å². The first-order valence-electron chi connectivity index (χ1n) is 7.03. The maximum Gasteiger partial charge on any atom is 0.243 e. The Labute approximate surface area is 133 Å². The molecule has 0 aliphatic carbocycles. The Bertz CT molecular complexity index is 806. The fourth-order valence-electron chi connectivity index (χ4n) is 2.88. The summed E-state index contributed by atoms with van der Waals surface area (Å²) >= 11 is 0. The van der Waals surface area contributed by atoms with Crippen LogP contribution >= 0.6 is 0 Å². The monoisotopic (exact) mass is 312 g/mol. The highest BCUT2D eigenvalue weighted by atomic mass is 16.5. The zero-order chi connectivity index (χ0) is 16.6. The number of H-pyrrole nitrogens is 1. The molecule has 2 unspecified atom stereocenters. The highest BCUT2D eigenvalue weighted by Gasteiger charge is 2.40. The highest BCUT2D eigenvalue weighted by Crippen LogP contribution is 2.44.